The van der Waals surface area contributed by atoms with Crippen LogP contribution in [0.5, 0.6) is 0 Å². The summed E-state index contributed by atoms with van der Waals surface area (Å²) in [4.78, 5) is 0. The van der Waals surface area contributed by atoms with Crippen molar-refractivity contribution in [1.82, 2.24) is 0 Å². The first-order chi connectivity index (χ1) is 14.1. The molecule has 0 heterocycles. The molecular formula is C29H32. The molecule has 0 radical (unpaired) electrons. The van der Waals surface area contributed by atoms with Gasteiger partial charge in [-0.2, -0.15) is 0 Å². The van der Waals surface area contributed by atoms with E-state index in [4.69, 9.17) is 0 Å². The molecule has 0 nitrogen and oxygen atoms in total. The van der Waals surface area contributed by atoms with E-state index in [9.17, 15) is 0 Å². The molecule has 148 valence electrons. The first-order valence-electron chi connectivity index (χ1n) is 11.1. The van der Waals surface area contributed by atoms with Crippen molar-refractivity contribution in [3.63, 3.8) is 0 Å². The molecule has 4 rings (SSSR count). The van der Waals surface area contributed by atoms with Crippen LogP contribution in [0.15, 0.2) is 72.8 Å². The molecule has 1 unspecified atom stereocenters. The molecule has 0 heteroatoms. The molecule has 0 aliphatic heterocycles. The van der Waals surface area contributed by atoms with Crippen LogP contribution in [-0.2, 0) is 6.42 Å². The molecule has 0 spiro atoms. The van der Waals surface area contributed by atoms with Gasteiger partial charge in [0.1, 0.15) is 0 Å². The minimum absolute atomic E-state index is 0.668. The molecule has 0 N–H and O–H groups in total. The second-order valence-corrected chi connectivity index (χ2v) is 8.59. The summed E-state index contributed by atoms with van der Waals surface area (Å²) in [6.07, 6.45) is 8.40. The summed E-state index contributed by atoms with van der Waals surface area (Å²) in [7, 11) is 0. The largest absolute Gasteiger partial charge is 0.0801 e. The maximum Gasteiger partial charge on any atom is -0.0124 e. The van der Waals surface area contributed by atoms with Crippen molar-refractivity contribution in [2.45, 2.75) is 58.8 Å². The first kappa shape index (κ1) is 19.7. The lowest BCUT2D eigenvalue weighted by molar-refractivity contribution is 0.625. The lowest BCUT2D eigenvalue weighted by Gasteiger charge is -2.23. The Kier molecular flexibility index (Phi) is 6.00. The zero-order valence-electron chi connectivity index (χ0n) is 18.0. The van der Waals surface area contributed by atoms with Crippen molar-refractivity contribution in [2.24, 2.45) is 0 Å². The minimum atomic E-state index is 0.668. The third-order valence-corrected chi connectivity index (χ3v) is 6.36. The number of rotatable bonds is 5. The van der Waals surface area contributed by atoms with Crippen molar-refractivity contribution < 1.29 is 0 Å². The minimum Gasteiger partial charge on any atom is -0.0801 e. The summed E-state index contributed by atoms with van der Waals surface area (Å²) in [6.45, 7) is 6.64. The second kappa shape index (κ2) is 8.82. The quantitative estimate of drug-likeness (QED) is 0.418. The molecule has 0 saturated heterocycles. The maximum atomic E-state index is 2.47. The molecule has 3 aromatic rings. The molecular weight excluding hydrogens is 348 g/mol. The van der Waals surface area contributed by atoms with Crippen molar-refractivity contribution in [2.75, 3.05) is 0 Å². The summed E-state index contributed by atoms with van der Waals surface area (Å²) >= 11 is 0. The smallest absolute Gasteiger partial charge is 0.0124 e. The van der Waals surface area contributed by atoms with Gasteiger partial charge in [0.25, 0.3) is 0 Å². The second-order valence-electron chi connectivity index (χ2n) is 8.59. The van der Waals surface area contributed by atoms with Gasteiger partial charge in [-0.1, -0.05) is 91.7 Å². The average molecular weight is 381 g/mol. The van der Waals surface area contributed by atoms with Crippen molar-refractivity contribution >= 4 is 5.57 Å². The zero-order chi connectivity index (χ0) is 20.2. The maximum absolute atomic E-state index is 2.47. The average Bonchev–Trinajstić information content (AvgIpc) is 2.75. The van der Waals surface area contributed by atoms with Crippen LogP contribution >= 0.6 is 0 Å². The Labute approximate surface area is 176 Å². The number of hydrogen-bond donors (Lipinski definition) is 0. The van der Waals surface area contributed by atoms with Gasteiger partial charge in [-0.3, -0.25) is 0 Å². The molecule has 0 aromatic heterocycles. The first-order valence-corrected chi connectivity index (χ1v) is 11.1. The highest BCUT2D eigenvalue weighted by atomic mass is 14.2. The summed E-state index contributed by atoms with van der Waals surface area (Å²) < 4.78 is 0. The number of benzene rings is 3. The highest BCUT2D eigenvalue weighted by Gasteiger charge is 2.17. The molecule has 0 bridgehead atoms. The number of hydrogen-bond acceptors (Lipinski definition) is 0. The van der Waals surface area contributed by atoms with Gasteiger partial charge in [-0.15, -0.1) is 0 Å². The molecule has 29 heavy (non-hydrogen) atoms. The van der Waals surface area contributed by atoms with Gasteiger partial charge in [0.05, 0.1) is 0 Å². The van der Waals surface area contributed by atoms with Crippen LogP contribution in [0.4, 0.5) is 0 Å². The number of allylic oxidation sites excluding steroid dienone is 2. The van der Waals surface area contributed by atoms with E-state index in [2.05, 4.69) is 93.6 Å². The van der Waals surface area contributed by atoms with Crippen molar-refractivity contribution in [3.05, 3.63) is 101 Å². The van der Waals surface area contributed by atoms with E-state index in [0.717, 1.165) is 12.8 Å². The number of aryl methyl sites for hydroxylation is 3. The third kappa shape index (κ3) is 4.53. The van der Waals surface area contributed by atoms with E-state index >= 15 is 0 Å². The van der Waals surface area contributed by atoms with Gasteiger partial charge in [0, 0.05) is 0 Å². The summed E-state index contributed by atoms with van der Waals surface area (Å²) in [5.74, 6) is 0.668. The van der Waals surface area contributed by atoms with Gasteiger partial charge in [-0.25, -0.2) is 0 Å². The van der Waals surface area contributed by atoms with E-state index < -0.39 is 0 Å². The standard InChI is InChI=1S/C29H32/c1-4-5-23-8-12-27(13-9-23)29-19-18-28(20-22(29)3)26-16-14-25(15-17-26)24-10-6-21(2)7-11-24/h6-13,16,18-20,25H,4-5,14-15,17H2,1-3H3. The summed E-state index contributed by atoms with van der Waals surface area (Å²) in [5, 5.41) is 0. The molecule has 0 fully saturated rings. The normalized spacial score (nSPS) is 16.5. The fraction of sp³-hybridized carbons (Fsp3) is 0.310. The molecule has 0 saturated carbocycles. The van der Waals surface area contributed by atoms with Crippen LogP contribution in [0, 0.1) is 13.8 Å². The van der Waals surface area contributed by atoms with E-state index in [1.165, 1.54) is 63.8 Å². The van der Waals surface area contributed by atoms with Gasteiger partial charge in [0.2, 0.25) is 0 Å². The van der Waals surface area contributed by atoms with Crippen molar-refractivity contribution in [1.29, 1.82) is 0 Å². The predicted molar refractivity (Wildman–Crippen MR) is 126 cm³/mol. The van der Waals surface area contributed by atoms with Crippen molar-refractivity contribution in [3.8, 4) is 11.1 Å². The van der Waals surface area contributed by atoms with E-state index in [1.54, 1.807) is 0 Å². The monoisotopic (exact) mass is 380 g/mol. The Morgan fingerprint density at radius 3 is 2.17 bits per heavy atom. The van der Waals surface area contributed by atoms with Crippen LogP contribution in [0.2, 0.25) is 0 Å². The van der Waals surface area contributed by atoms with Gasteiger partial charge in [0.15, 0.2) is 0 Å². The van der Waals surface area contributed by atoms with E-state index in [-0.39, 0.29) is 0 Å². The third-order valence-electron chi connectivity index (χ3n) is 6.36. The Morgan fingerprint density at radius 1 is 0.828 bits per heavy atom. The SMILES string of the molecule is CCCc1ccc(-c2ccc(C3=CCC(c4ccc(C)cc4)CC3)cc2C)cc1. The predicted octanol–water partition coefficient (Wildman–Crippen LogP) is 8.27. The van der Waals surface area contributed by atoms with Crippen LogP contribution in [-0.4, -0.2) is 0 Å². The van der Waals surface area contributed by atoms with Crippen LogP contribution in [0.1, 0.15) is 66.3 Å². The highest BCUT2D eigenvalue weighted by molar-refractivity contribution is 5.73. The lowest BCUT2D eigenvalue weighted by Crippen LogP contribution is -2.04. The highest BCUT2D eigenvalue weighted by Crippen LogP contribution is 2.37. The van der Waals surface area contributed by atoms with Crippen LogP contribution in [0.3, 0.4) is 0 Å². The van der Waals surface area contributed by atoms with E-state index in [0.29, 0.717) is 5.92 Å². The molecule has 1 aliphatic rings. The Hall–Kier alpha value is -2.60. The fourth-order valence-electron chi connectivity index (χ4n) is 4.56. The molecule has 0 amide bonds. The van der Waals surface area contributed by atoms with Gasteiger partial charge < -0.3 is 0 Å². The zero-order valence-corrected chi connectivity index (χ0v) is 18.0. The Morgan fingerprint density at radius 2 is 1.55 bits per heavy atom. The van der Waals surface area contributed by atoms with Gasteiger partial charge >= 0.3 is 0 Å². The molecule has 3 aromatic carbocycles. The Balaban J connectivity index is 1.50. The van der Waals surface area contributed by atoms with Crippen LogP contribution in [0.25, 0.3) is 16.7 Å². The van der Waals surface area contributed by atoms with Gasteiger partial charge in [-0.05, 0) is 84.4 Å². The Bertz CT molecular complexity index is 987. The fourth-order valence-corrected chi connectivity index (χ4v) is 4.56. The lowest BCUT2D eigenvalue weighted by atomic mass is 9.82. The topological polar surface area (TPSA) is 0 Å². The molecule has 1 aliphatic carbocycles. The van der Waals surface area contributed by atoms with Crippen LogP contribution < -0.4 is 0 Å². The summed E-state index contributed by atoms with van der Waals surface area (Å²) in [6, 6.07) is 25.2. The summed E-state index contributed by atoms with van der Waals surface area (Å²) in [5.41, 5.74) is 11.2. The van der Waals surface area contributed by atoms with E-state index in [1.807, 2.05) is 0 Å². The molecule has 1 atom stereocenters.